The van der Waals surface area contributed by atoms with Crippen molar-refractivity contribution in [3.05, 3.63) is 36.0 Å². The lowest BCUT2D eigenvalue weighted by molar-refractivity contribution is 0.208. The fourth-order valence-electron chi connectivity index (χ4n) is 3.02. The number of nitrogens with zero attached hydrogens (tertiary/aromatic N) is 2. The van der Waals surface area contributed by atoms with E-state index < -0.39 is 0 Å². The van der Waals surface area contributed by atoms with Gasteiger partial charge in [0.1, 0.15) is 5.82 Å². The van der Waals surface area contributed by atoms with Crippen molar-refractivity contribution in [3.63, 3.8) is 0 Å². The Hall–Kier alpha value is -1.65. The van der Waals surface area contributed by atoms with Gasteiger partial charge in [-0.15, -0.1) is 0 Å². The lowest BCUT2D eigenvalue weighted by Gasteiger charge is -2.33. The smallest absolute Gasteiger partial charge is 0.136 e. The maximum absolute atomic E-state index is 9.43. The third kappa shape index (κ3) is 2.37. The number of aliphatic hydroxyl groups excluding tert-OH is 2. The lowest BCUT2D eigenvalue weighted by Crippen LogP contribution is -2.37. The number of benzene rings is 1. The standard InChI is InChI=1S/C16H20N2O2/c19-10-12-4-3-7-18(9-12)16-15-6-2-1-5-14(15)13(11-20)8-17-16/h1-2,5-6,8,12,19-20H,3-4,7,9-11H2. The molecular formula is C16H20N2O2. The normalized spacial score (nSPS) is 19.5. The molecule has 0 amide bonds. The number of pyridine rings is 1. The summed E-state index contributed by atoms with van der Waals surface area (Å²) in [5.41, 5.74) is 0.861. The summed E-state index contributed by atoms with van der Waals surface area (Å²) in [6.07, 6.45) is 3.93. The summed E-state index contributed by atoms with van der Waals surface area (Å²) in [5, 5.41) is 20.9. The first kappa shape index (κ1) is 13.3. The first-order valence-electron chi connectivity index (χ1n) is 7.16. The first-order chi connectivity index (χ1) is 9.83. The van der Waals surface area contributed by atoms with Crippen molar-refractivity contribution < 1.29 is 10.2 Å². The van der Waals surface area contributed by atoms with Gasteiger partial charge in [0.2, 0.25) is 0 Å². The molecule has 1 saturated heterocycles. The molecule has 1 aliphatic rings. The Labute approximate surface area is 118 Å². The topological polar surface area (TPSA) is 56.6 Å². The molecule has 0 bridgehead atoms. The Bertz CT molecular complexity index is 600. The van der Waals surface area contributed by atoms with Gasteiger partial charge in [0.25, 0.3) is 0 Å². The predicted molar refractivity (Wildman–Crippen MR) is 79.7 cm³/mol. The second-order valence-corrected chi connectivity index (χ2v) is 5.45. The molecule has 1 atom stereocenters. The van der Waals surface area contributed by atoms with E-state index in [-0.39, 0.29) is 13.2 Å². The van der Waals surface area contributed by atoms with Crippen LogP contribution in [0.3, 0.4) is 0 Å². The molecule has 1 fully saturated rings. The van der Waals surface area contributed by atoms with Crippen LogP contribution in [0.5, 0.6) is 0 Å². The highest BCUT2D eigenvalue weighted by Gasteiger charge is 2.22. The van der Waals surface area contributed by atoms with Gasteiger partial charge in [-0.1, -0.05) is 24.3 Å². The van der Waals surface area contributed by atoms with Crippen LogP contribution in [-0.2, 0) is 6.61 Å². The molecule has 0 spiro atoms. The van der Waals surface area contributed by atoms with E-state index in [1.165, 1.54) is 0 Å². The van der Waals surface area contributed by atoms with Gasteiger partial charge in [0, 0.05) is 36.8 Å². The summed E-state index contributed by atoms with van der Waals surface area (Å²) in [6.45, 7) is 2.08. The van der Waals surface area contributed by atoms with Crippen molar-refractivity contribution in [1.29, 1.82) is 0 Å². The van der Waals surface area contributed by atoms with E-state index in [4.69, 9.17) is 0 Å². The van der Waals surface area contributed by atoms with Gasteiger partial charge in [-0.25, -0.2) is 4.98 Å². The summed E-state index contributed by atoms with van der Waals surface area (Å²) < 4.78 is 0. The lowest BCUT2D eigenvalue weighted by atomic mass is 9.98. The summed E-state index contributed by atoms with van der Waals surface area (Å²) >= 11 is 0. The van der Waals surface area contributed by atoms with Gasteiger partial charge < -0.3 is 15.1 Å². The van der Waals surface area contributed by atoms with Crippen LogP contribution in [0.1, 0.15) is 18.4 Å². The third-order valence-corrected chi connectivity index (χ3v) is 4.10. The van der Waals surface area contributed by atoms with Gasteiger partial charge >= 0.3 is 0 Å². The minimum atomic E-state index is 0.00700. The van der Waals surface area contributed by atoms with Crippen LogP contribution in [0.2, 0.25) is 0 Å². The van der Waals surface area contributed by atoms with E-state index in [2.05, 4.69) is 16.0 Å². The highest BCUT2D eigenvalue weighted by Crippen LogP contribution is 2.30. The summed E-state index contributed by atoms with van der Waals surface area (Å²) in [6, 6.07) is 8.07. The molecule has 1 aromatic carbocycles. The van der Waals surface area contributed by atoms with Crippen LogP contribution in [-0.4, -0.2) is 34.9 Å². The van der Waals surface area contributed by atoms with Gasteiger partial charge in [-0.2, -0.15) is 0 Å². The molecule has 1 unspecified atom stereocenters. The predicted octanol–water partition coefficient (Wildman–Crippen LogP) is 1.94. The fraction of sp³-hybridized carbons (Fsp3) is 0.438. The summed E-state index contributed by atoms with van der Waals surface area (Å²) in [7, 11) is 0. The molecule has 106 valence electrons. The number of rotatable bonds is 3. The van der Waals surface area contributed by atoms with E-state index in [9.17, 15) is 10.2 Å². The molecular weight excluding hydrogens is 252 g/mol. The van der Waals surface area contributed by atoms with Gasteiger partial charge in [-0.05, 0) is 24.1 Å². The van der Waals surface area contributed by atoms with Gasteiger partial charge in [0.05, 0.1) is 6.61 Å². The van der Waals surface area contributed by atoms with Crippen LogP contribution < -0.4 is 4.90 Å². The van der Waals surface area contributed by atoms with E-state index >= 15 is 0 Å². The Kier molecular flexibility index (Phi) is 3.85. The van der Waals surface area contributed by atoms with E-state index in [1.54, 1.807) is 6.20 Å². The van der Waals surface area contributed by atoms with Crippen molar-refractivity contribution in [2.45, 2.75) is 19.4 Å². The number of aliphatic hydroxyl groups is 2. The van der Waals surface area contributed by atoms with E-state index in [0.717, 1.165) is 48.1 Å². The summed E-state index contributed by atoms with van der Waals surface area (Å²) in [4.78, 5) is 6.81. The maximum atomic E-state index is 9.43. The molecule has 1 aliphatic heterocycles. The molecule has 3 rings (SSSR count). The molecule has 4 heteroatoms. The molecule has 20 heavy (non-hydrogen) atoms. The largest absolute Gasteiger partial charge is 0.396 e. The van der Waals surface area contributed by atoms with Crippen molar-refractivity contribution in [2.75, 3.05) is 24.6 Å². The highest BCUT2D eigenvalue weighted by molar-refractivity contribution is 5.94. The van der Waals surface area contributed by atoms with Crippen LogP contribution in [0.15, 0.2) is 30.5 Å². The zero-order valence-electron chi connectivity index (χ0n) is 11.5. The second-order valence-electron chi connectivity index (χ2n) is 5.45. The van der Waals surface area contributed by atoms with E-state index in [1.807, 2.05) is 18.2 Å². The number of hydrogen-bond donors (Lipinski definition) is 2. The monoisotopic (exact) mass is 272 g/mol. The fourth-order valence-corrected chi connectivity index (χ4v) is 3.02. The van der Waals surface area contributed by atoms with Crippen molar-refractivity contribution in [2.24, 2.45) is 5.92 Å². The number of hydrogen-bond acceptors (Lipinski definition) is 4. The second kappa shape index (κ2) is 5.77. The third-order valence-electron chi connectivity index (χ3n) is 4.10. The molecule has 2 heterocycles. The Morgan fingerprint density at radius 3 is 2.75 bits per heavy atom. The quantitative estimate of drug-likeness (QED) is 0.896. The molecule has 0 radical (unpaired) electrons. The SMILES string of the molecule is OCc1cnc(N2CCCC(CO)C2)c2ccccc12. The Morgan fingerprint density at radius 2 is 2.00 bits per heavy atom. The summed E-state index contributed by atoms with van der Waals surface area (Å²) in [5.74, 6) is 1.30. The van der Waals surface area contributed by atoms with Gasteiger partial charge in [0.15, 0.2) is 0 Å². The zero-order chi connectivity index (χ0) is 13.9. The average molecular weight is 272 g/mol. The number of piperidine rings is 1. The molecule has 0 aliphatic carbocycles. The van der Waals surface area contributed by atoms with Crippen LogP contribution >= 0.6 is 0 Å². The number of aromatic nitrogens is 1. The Morgan fingerprint density at radius 1 is 1.20 bits per heavy atom. The number of fused-ring (bicyclic) bond motifs is 1. The van der Waals surface area contributed by atoms with Crippen molar-refractivity contribution >= 4 is 16.6 Å². The molecule has 4 nitrogen and oxygen atoms in total. The minimum Gasteiger partial charge on any atom is -0.396 e. The minimum absolute atomic E-state index is 0.00700. The van der Waals surface area contributed by atoms with Crippen molar-refractivity contribution in [3.8, 4) is 0 Å². The van der Waals surface area contributed by atoms with Gasteiger partial charge in [-0.3, -0.25) is 0 Å². The molecule has 2 aromatic rings. The maximum Gasteiger partial charge on any atom is 0.136 e. The molecule has 1 aromatic heterocycles. The molecule has 0 saturated carbocycles. The average Bonchev–Trinajstić information content (AvgIpc) is 2.54. The van der Waals surface area contributed by atoms with Crippen molar-refractivity contribution in [1.82, 2.24) is 4.98 Å². The zero-order valence-corrected chi connectivity index (χ0v) is 11.5. The van der Waals surface area contributed by atoms with Crippen LogP contribution in [0, 0.1) is 5.92 Å². The first-order valence-corrected chi connectivity index (χ1v) is 7.16. The highest BCUT2D eigenvalue weighted by atomic mass is 16.3. The van der Waals surface area contributed by atoms with Crippen LogP contribution in [0.25, 0.3) is 10.8 Å². The Balaban J connectivity index is 2.03. The van der Waals surface area contributed by atoms with E-state index in [0.29, 0.717) is 5.92 Å². The number of anilines is 1. The van der Waals surface area contributed by atoms with Crippen LogP contribution in [0.4, 0.5) is 5.82 Å². The molecule has 2 N–H and O–H groups in total.